The van der Waals surface area contributed by atoms with Gasteiger partial charge in [-0.25, -0.2) is 0 Å². The third-order valence-electron chi connectivity index (χ3n) is 3.00. The van der Waals surface area contributed by atoms with E-state index in [0.29, 0.717) is 17.8 Å². The Bertz CT molecular complexity index is 608. The first-order valence-electron chi connectivity index (χ1n) is 6.78. The molecular weight excluding hydrogens is 264 g/mol. The van der Waals surface area contributed by atoms with E-state index >= 15 is 0 Å². The van der Waals surface area contributed by atoms with Gasteiger partial charge in [0, 0.05) is 30.5 Å². The van der Waals surface area contributed by atoms with Crippen LogP contribution in [0.4, 0.5) is 5.69 Å². The number of pyridine rings is 1. The van der Waals surface area contributed by atoms with Crippen LogP contribution in [-0.2, 0) is 13.1 Å². The predicted octanol–water partition coefficient (Wildman–Crippen LogP) is 1.85. The van der Waals surface area contributed by atoms with E-state index < -0.39 is 0 Å². The van der Waals surface area contributed by atoms with Crippen molar-refractivity contribution in [1.29, 1.82) is 0 Å². The molecule has 2 rings (SSSR count). The summed E-state index contributed by atoms with van der Waals surface area (Å²) in [5, 5.41) is 2.87. The summed E-state index contributed by atoms with van der Waals surface area (Å²) in [7, 11) is 4.04. The fourth-order valence-corrected chi connectivity index (χ4v) is 1.99. The maximum Gasteiger partial charge on any atom is 0.255 e. The van der Waals surface area contributed by atoms with Crippen LogP contribution in [0.1, 0.15) is 21.6 Å². The van der Waals surface area contributed by atoms with Gasteiger partial charge in [-0.2, -0.15) is 0 Å². The van der Waals surface area contributed by atoms with Gasteiger partial charge in [-0.3, -0.25) is 9.78 Å². The molecule has 3 N–H and O–H groups in total. The third-order valence-corrected chi connectivity index (χ3v) is 3.00. The Morgan fingerprint density at radius 1 is 1.24 bits per heavy atom. The summed E-state index contributed by atoms with van der Waals surface area (Å²) in [5.74, 6) is -0.160. The highest BCUT2D eigenvalue weighted by molar-refractivity contribution is 6.04. The molecule has 0 saturated heterocycles. The maximum absolute atomic E-state index is 12.2. The topological polar surface area (TPSA) is 71.2 Å². The summed E-state index contributed by atoms with van der Waals surface area (Å²) in [6.45, 7) is 1.19. The highest BCUT2D eigenvalue weighted by Crippen LogP contribution is 2.12. The Morgan fingerprint density at radius 2 is 1.95 bits per heavy atom. The highest BCUT2D eigenvalue weighted by atomic mass is 16.1. The molecule has 0 saturated carbocycles. The number of amides is 1. The monoisotopic (exact) mass is 284 g/mol. The molecule has 110 valence electrons. The quantitative estimate of drug-likeness (QED) is 0.879. The first-order valence-corrected chi connectivity index (χ1v) is 6.78. The summed E-state index contributed by atoms with van der Waals surface area (Å²) in [4.78, 5) is 18.3. The van der Waals surface area contributed by atoms with E-state index in [1.54, 1.807) is 18.3 Å². The summed E-state index contributed by atoms with van der Waals surface area (Å²) in [5.41, 5.74) is 8.76. The van der Waals surface area contributed by atoms with Crippen LogP contribution >= 0.6 is 0 Å². The average molecular weight is 284 g/mol. The summed E-state index contributed by atoms with van der Waals surface area (Å²) in [6, 6.07) is 11.2. The first kappa shape index (κ1) is 15.2. The van der Waals surface area contributed by atoms with Crippen LogP contribution < -0.4 is 11.1 Å². The Hall–Kier alpha value is -2.24. The molecule has 0 unspecified atom stereocenters. The van der Waals surface area contributed by atoms with Gasteiger partial charge in [0.1, 0.15) is 0 Å². The van der Waals surface area contributed by atoms with Crippen molar-refractivity contribution < 1.29 is 4.79 Å². The molecule has 1 heterocycles. The molecule has 0 atom stereocenters. The molecule has 21 heavy (non-hydrogen) atoms. The van der Waals surface area contributed by atoms with Gasteiger partial charge >= 0.3 is 0 Å². The van der Waals surface area contributed by atoms with Crippen molar-refractivity contribution in [3.63, 3.8) is 0 Å². The smallest absolute Gasteiger partial charge is 0.255 e. The second-order valence-corrected chi connectivity index (χ2v) is 5.13. The number of hydrogen-bond acceptors (Lipinski definition) is 4. The lowest BCUT2D eigenvalue weighted by Gasteiger charge is -2.10. The minimum absolute atomic E-state index is 0.160. The molecule has 0 spiro atoms. The lowest BCUT2D eigenvalue weighted by molar-refractivity contribution is 0.102. The van der Waals surface area contributed by atoms with Gasteiger partial charge in [0.05, 0.1) is 5.69 Å². The van der Waals surface area contributed by atoms with Crippen LogP contribution in [0.2, 0.25) is 0 Å². The van der Waals surface area contributed by atoms with Gasteiger partial charge in [0.25, 0.3) is 5.91 Å². The van der Waals surface area contributed by atoms with Gasteiger partial charge < -0.3 is 16.0 Å². The fourth-order valence-electron chi connectivity index (χ4n) is 1.99. The molecule has 5 nitrogen and oxygen atoms in total. The number of rotatable bonds is 5. The molecule has 1 amide bonds. The average Bonchev–Trinajstić information content (AvgIpc) is 2.49. The maximum atomic E-state index is 12.2. The number of nitrogens with two attached hydrogens (primary N) is 1. The SMILES string of the molecule is CN(C)Cc1ccc(NC(=O)c2ccnc(CN)c2)cc1. The van der Waals surface area contributed by atoms with Crippen LogP contribution in [0.3, 0.4) is 0 Å². The predicted molar refractivity (Wildman–Crippen MR) is 83.9 cm³/mol. The van der Waals surface area contributed by atoms with Gasteiger partial charge in [-0.1, -0.05) is 12.1 Å². The lowest BCUT2D eigenvalue weighted by atomic mass is 10.1. The van der Waals surface area contributed by atoms with Crippen LogP contribution in [0.5, 0.6) is 0 Å². The number of benzene rings is 1. The molecule has 5 heteroatoms. The Labute approximate surface area is 124 Å². The first-order chi connectivity index (χ1) is 10.1. The number of carbonyl (C=O) groups is 1. The van der Waals surface area contributed by atoms with Crippen LogP contribution in [0.15, 0.2) is 42.6 Å². The zero-order chi connectivity index (χ0) is 15.2. The summed E-state index contributed by atoms with van der Waals surface area (Å²) in [6.07, 6.45) is 1.59. The van der Waals surface area contributed by atoms with E-state index in [2.05, 4.69) is 15.2 Å². The van der Waals surface area contributed by atoms with Gasteiger partial charge in [0.15, 0.2) is 0 Å². The third kappa shape index (κ3) is 4.37. The number of carbonyl (C=O) groups excluding carboxylic acids is 1. The van der Waals surface area contributed by atoms with Crippen molar-refractivity contribution in [2.45, 2.75) is 13.1 Å². The molecule has 0 fully saturated rings. The van der Waals surface area contributed by atoms with Crippen molar-refractivity contribution >= 4 is 11.6 Å². The zero-order valence-corrected chi connectivity index (χ0v) is 12.3. The van der Waals surface area contributed by atoms with E-state index in [4.69, 9.17) is 5.73 Å². The minimum Gasteiger partial charge on any atom is -0.325 e. The Kier molecular flexibility index (Phi) is 5.03. The molecule has 0 aliphatic rings. The Morgan fingerprint density at radius 3 is 2.57 bits per heavy atom. The van der Waals surface area contributed by atoms with Crippen LogP contribution in [-0.4, -0.2) is 29.9 Å². The van der Waals surface area contributed by atoms with Gasteiger partial charge in [-0.05, 0) is 43.9 Å². The summed E-state index contributed by atoms with van der Waals surface area (Å²) < 4.78 is 0. The molecule has 1 aromatic heterocycles. The van der Waals surface area contributed by atoms with Crippen LogP contribution in [0.25, 0.3) is 0 Å². The normalized spacial score (nSPS) is 10.7. The van der Waals surface area contributed by atoms with E-state index in [1.807, 2.05) is 38.4 Å². The van der Waals surface area contributed by atoms with Crippen molar-refractivity contribution in [3.8, 4) is 0 Å². The number of aromatic nitrogens is 1. The largest absolute Gasteiger partial charge is 0.325 e. The van der Waals surface area contributed by atoms with Crippen molar-refractivity contribution in [1.82, 2.24) is 9.88 Å². The molecule has 1 aromatic carbocycles. The van der Waals surface area contributed by atoms with E-state index in [-0.39, 0.29) is 5.91 Å². The second-order valence-electron chi connectivity index (χ2n) is 5.13. The summed E-state index contributed by atoms with van der Waals surface area (Å²) >= 11 is 0. The van der Waals surface area contributed by atoms with E-state index in [1.165, 1.54) is 5.56 Å². The van der Waals surface area contributed by atoms with Gasteiger partial charge in [-0.15, -0.1) is 0 Å². The van der Waals surface area contributed by atoms with E-state index in [9.17, 15) is 4.79 Å². The van der Waals surface area contributed by atoms with Crippen molar-refractivity contribution in [3.05, 3.63) is 59.4 Å². The standard InChI is InChI=1S/C16H20N4O/c1-20(2)11-12-3-5-14(6-4-12)19-16(21)13-7-8-18-15(9-13)10-17/h3-9H,10-11,17H2,1-2H3,(H,19,21). The zero-order valence-electron chi connectivity index (χ0n) is 12.3. The van der Waals surface area contributed by atoms with E-state index in [0.717, 1.165) is 12.2 Å². The molecule has 0 bridgehead atoms. The van der Waals surface area contributed by atoms with Gasteiger partial charge in [0.2, 0.25) is 0 Å². The molecule has 0 radical (unpaired) electrons. The Balaban J connectivity index is 2.05. The minimum atomic E-state index is -0.160. The van der Waals surface area contributed by atoms with Crippen molar-refractivity contribution in [2.75, 3.05) is 19.4 Å². The number of anilines is 1. The fraction of sp³-hybridized carbons (Fsp3) is 0.250. The lowest BCUT2D eigenvalue weighted by Crippen LogP contribution is -2.13. The van der Waals surface area contributed by atoms with Crippen molar-refractivity contribution in [2.24, 2.45) is 5.73 Å². The molecule has 2 aromatic rings. The number of hydrogen-bond donors (Lipinski definition) is 2. The molecule has 0 aliphatic carbocycles. The van der Waals surface area contributed by atoms with Crippen LogP contribution in [0, 0.1) is 0 Å². The molecular formula is C16H20N4O. The highest BCUT2D eigenvalue weighted by Gasteiger charge is 2.07. The molecule has 0 aliphatic heterocycles. The number of nitrogens with zero attached hydrogens (tertiary/aromatic N) is 2. The number of nitrogens with one attached hydrogen (secondary N) is 1. The second kappa shape index (κ2) is 6.97.